The molecule has 1 N–H and O–H groups in total. The number of nitrogens with zero attached hydrogens (tertiary/aromatic N) is 2. The number of imide groups is 1. The zero-order valence-electron chi connectivity index (χ0n) is 21.6. The monoisotopic (exact) mass is 529 g/mol. The molecular weight excluding hydrogens is 502 g/mol. The van der Waals surface area contributed by atoms with Crippen LogP contribution in [0.4, 0.5) is 11.4 Å². The maximum Gasteiger partial charge on any atom is 0.311 e. The molecule has 0 spiro atoms. The number of benzene rings is 3. The van der Waals surface area contributed by atoms with Crippen molar-refractivity contribution in [1.82, 2.24) is 4.90 Å². The van der Waals surface area contributed by atoms with Gasteiger partial charge in [0.15, 0.2) is 0 Å². The van der Waals surface area contributed by atoms with Crippen LogP contribution >= 0.6 is 0 Å². The summed E-state index contributed by atoms with van der Waals surface area (Å²) in [5.41, 5.74) is 2.69. The fourth-order valence-electron chi connectivity index (χ4n) is 4.39. The van der Waals surface area contributed by atoms with E-state index in [1.807, 2.05) is 32.0 Å². The first-order valence-electron chi connectivity index (χ1n) is 12.5. The molecule has 0 unspecified atom stereocenters. The lowest BCUT2D eigenvalue weighted by atomic mass is 10.1. The van der Waals surface area contributed by atoms with Gasteiger partial charge in [-0.15, -0.1) is 0 Å². The van der Waals surface area contributed by atoms with E-state index in [4.69, 9.17) is 4.74 Å². The molecule has 0 fully saturated rings. The molecule has 1 aliphatic heterocycles. The number of nitro groups is 1. The molecule has 10 heteroatoms. The number of esters is 1. The molecule has 3 aromatic rings. The lowest BCUT2D eigenvalue weighted by Crippen LogP contribution is -2.30. The number of ether oxygens (including phenoxy) is 1. The number of nitro benzene ring substituents is 1. The average Bonchev–Trinajstić information content (AvgIpc) is 3.15. The summed E-state index contributed by atoms with van der Waals surface area (Å²) in [5.74, 6) is -1.63. The second-order valence-corrected chi connectivity index (χ2v) is 9.30. The molecule has 0 aliphatic carbocycles. The van der Waals surface area contributed by atoms with Crippen molar-refractivity contribution in [3.63, 3.8) is 0 Å². The number of hydrogen-bond donors (Lipinski definition) is 1. The largest absolute Gasteiger partial charge is 0.427 e. The van der Waals surface area contributed by atoms with E-state index in [1.54, 1.807) is 24.3 Å². The van der Waals surface area contributed by atoms with Crippen molar-refractivity contribution in [3.8, 4) is 5.75 Å². The molecule has 0 saturated heterocycles. The first-order valence-corrected chi connectivity index (χ1v) is 12.5. The minimum Gasteiger partial charge on any atom is -0.427 e. The quantitative estimate of drug-likeness (QED) is 0.0949. The lowest BCUT2D eigenvalue weighted by molar-refractivity contribution is -0.385. The maximum absolute atomic E-state index is 12.6. The standard InChI is InChI=1S/C29H27N3O7/c1-18-10-15-23(19(2)17-18)30-27(34)20-11-13-21(14-12-20)39-25(33)9-4-3-5-16-31-28(35)22-7-6-8-24(32(37)38)26(22)29(31)36/h6-8,10-15,17H,3-5,9,16H2,1-2H3,(H,30,34). The van der Waals surface area contributed by atoms with Gasteiger partial charge in [0.2, 0.25) is 0 Å². The van der Waals surface area contributed by atoms with Crippen LogP contribution in [0.5, 0.6) is 5.75 Å². The van der Waals surface area contributed by atoms with Crippen molar-refractivity contribution in [1.29, 1.82) is 0 Å². The maximum atomic E-state index is 12.6. The summed E-state index contributed by atoms with van der Waals surface area (Å²) in [6.45, 7) is 4.00. The molecule has 200 valence electrons. The second kappa shape index (κ2) is 11.7. The van der Waals surface area contributed by atoms with Crippen molar-refractivity contribution < 1.29 is 28.8 Å². The highest BCUT2D eigenvalue weighted by Crippen LogP contribution is 2.31. The zero-order valence-corrected chi connectivity index (χ0v) is 21.6. The van der Waals surface area contributed by atoms with Gasteiger partial charge in [-0.1, -0.05) is 30.2 Å². The summed E-state index contributed by atoms with van der Waals surface area (Å²) in [6.07, 6.45) is 1.58. The smallest absolute Gasteiger partial charge is 0.311 e. The SMILES string of the molecule is Cc1ccc(NC(=O)c2ccc(OC(=O)CCCCCN3C(=O)c4cccc([N+](=O)[O-])c4C3=O)cc2)c(C)c1. The molecule has 0 bridgehead atoms. The molecule has 4 rings (SSSR count). The summed E-state index contributed by atoms with van der Waals surface area (Å²) >= 11 is 0. The highest BCUT2D eigenvalue weighted by molar-refractivity contribution is 6.23. The van der Waals surface area contributed by atoms with Crippen LogP contribution in [-0.2, 0) is 4.79 Å². The third-order valence-corrected chi connectivity index (χ3v) is 6.41. The number of hydrogen-bond acceptors (Lipinski definition) is 7. The fraction of sp³-hybridized carbons (Fsp3) is 0.241. The Hall–Kier alpha value is -4.86. The minimum absolute atomic E-state index is 0.0338. The van der Waals surface area contributed by atoms with Crippen LogP contribution < -0.4 is 10.1 Å². The van der Waals surface area contributed by atoms with E-state index in [1.165, 1.54) is 18.2 Å². The topological polar surface area (TPSA) is 136 Å². The summed E-state index contributed by atoms with van der Waals surface area (Å²) in [4.78, 5) is 61.4. The van der Waals surface area contributed by atoms with Crippen molar-refractivity contribution in [3.05, 3.63) is 98.6 Å². The first-order chi connectivity index (χ1) is 18.7. The number of fused-ring (bicyclic) bond motifs is 1. The fourth-order valence-corrected chi connectivity index (χ4v) is 4.39. The van der Waals surface area contributed by atoms with Crippen molar-refractivity contribution in [2.75, 3.05) is 11.9 Å². The average molecular weight is 530 g/mol. The molecule has 3 amide bonds. The zero-order chi connectivity index (χ0) is 28.1. The Morgan fingerprint density at radius 2 is 1.69 bits per heavy atom. The van der Waals surface area contributed by atoms with Gasteiger partial charge in [-0.3, -0.25) is 34.2 Å². The number of anilines is 1. The van der Waals surface area contributed by atoms with Gasteiger partial charge in [-0.05, 0) is 68.7 Å². The van der Waals surface area contributed by atoms with E-state index in [0.29, 0.717) is 30.6 Å². The van der Waals surface area contributed by atoms with Crippen molar-refractivity contribution >= 4 is 35.1 Å². The van der Waals surface area contributed by atoms with Crippen LogP contribution in [0.2, 0.25) is 0 Å². The van der Waals surface area contributed by atoms with Crippen LogP contribution in [-0.4, -0.2) is 40.1 Å². The Labute approximate surface area is 224 Å². The van der Waals surface area contributed by atoms with E-state index in [-0.39, 0.29) is 35.7 Å². The van der Waals surface area contributed by atoms with Crippen LogP contribution in [0, 0.1) is 24.0 Å². The van der Waals surface area contributed by atoms with Gasteiger partial charge in [-0.2, -0.15) is 0 Å². The predicted molar refractivity (Wildman–Crippen MR) is 143 cm³/mol. The summed E-state index contributed by atoms with van der Waals surface area (Å²) in [5, 5.41) is 14.1. The first kappa shape index (κ1) is 27.2. The summed E-state index contributed by atoms with van der Waals surface area (Å²) < 4.78 is 5.34. The number of aryl methyl sites for hydroxylation is 2. The third kappa shape index (κ3) is 6.18. The molecule has 39 heavy (non-hydrogen) atoms. The molecule has 3 aromatic carbocycles. The number of amides is 3. The minimum atomic E-state index is -0.673. The summed E-state index contributed by atoms with van der Waals surface area (Å²) in [6, 6.07) is 16.0. The van der Waals surface area contributed by atoms with Gasteiger partial charge < -0.3 is 10.1 Å². The van der Waals surface area contributed by atoms with Gasteiger partial charge in [0.05, 0.1) is 10.5 Å². The molecule has 0 radical (unpaired) electrons. The molecule has 1 aliphatic rings. The van der Waals surface area contributed by atoms with Gasteiger partial charge >= 0.3 is 5.97 Å². The normalized spacial score (nSPS) is 12.3. The number of carbonyl (C=O) groups is 4. The van der Waals surface area contributed by atoms with Gasteiger partial charge in [0, 0.05) is 30.3 Å². The third-order valence-electron chi connectivity index (χ3n) is 6.41. The van der Waals surface area contributed by atoms with E-state index in [2.05, 4.69) is 5.32 Å². The van der Waals surface area contributed by atoms with E-state index < -0.39 is 22.7 Å². The number of nitrogens with one attached hydrogen (secondary N) is 1. The molecule has 0 atom stereocenters. The Morgan fingerprint density at radius 1 is 0.949 bits per heavy atom. The van der Waals surface area contributed by atoms with Gasteiger partial charge in [0.25, 0.3) is 23.4 Å². The van der Waals surface area contributed by atoms with Crippen molar-refractivity contribution in [2.24, 2.45) is 0 Å². The molecule has 10 nitrogen and oxygen atoms in total. The number of unbranched alkanes of at least 4 members (excludes halogenated alkanes) is 2. The van der Waals surface area contributed by atoms with E-state index in [0.717, 1.165) is 21.7 Å². The molecular formula is C29H27N3O7. The molecule has 1 heterocycles. The van der Waals surface area contributed by atoms with E-state index in [9.17, 15) is 29.3 Å². The van der Waals surface area contributed by atoms with Crippen molar-refractivity contribution in [2.45, 2.75) is 39.5 Å². The Balaban J connectivity index is 1.20. The highest BCUT2D eigenvalue weighted by Gasteiger charge is 2.40. The van der Waals surface area contributed by atoms with Gasteiger partial charge in [0.1, 0.15) is 11.3 Å². The lowest BCUT2D eigenvalue weighted by Gasteiger charge is -2.13. The van der Waals surface area contributed by atoms with Crippen LogP contribution in [0.15, 0.2) is 60.7 Å². The summed E-state index contributed by atoms with van der Waals surface area (Å²) in [7, 11) is 0. The van der Waals surface area contributed by atoms with Crippen LogP contribution in [0.25, 0.3) is 0 Å². The van der Waals surface area contributed by atoms with Crippen LogP contribution in [0.1, 0.15) is 67.9 Å². The Kier molecular flexibility index (Phi) is 8.14. The highest BCUT2D eigenvalue weighted by atomic mass is 16.6. The second-order valence-electron chi connectivity index (χ2n) is 9.30. The molecule has 0 saturated carbocycles. The number of rotatable bonds is 10. The van der Waals surface area contributed by atoms with Gasteiger partial charge in [-0.25, -0.2) is 0 Å². The van der Waals surface area contributed by atoms with E-state index >= 15 is 0 Å². The molecule has 0 aromatic heterocycles. The Morgan fingerprint density at radius 3 is 2.38 bits per heavy atom. The number of carbonyl (C=O) groups excluding carboxylic acids is 4. The predicted octanol–water partition coefficient (Wildman–Crippen LogP) is 5.23. The van der Waals surface area contributed by atoms with Crippen LogP contribution in [0.3, 0.4) is 0 Å². The Bertz CT molecular complexity index is 1460.